The number of rotatable bonds is 6. The Bertz CT molecular complexity index is 1220. The largest absolute Gasteiger partial charge is 0.360 e. The average molecular weight is 434 g/mol. The Morgan fingerprint density at radius 3 is 2.50 bits per heavy atom. The smallest absolute Gasteiger partial charge is 0.238 e. The van der Waals surface area contributed by atoms with E-state index in [1.165, 1.54) is 23.5 Å². The Morgan fingerprint density at radius 2 is 1.82 bits per heavy atom. The first-order chi connectivity index (χ1) is 13.4. The molecule has 2 aromatic carbocycles. The highest BCUT2D eigenvalue weighted by molar-refractivity contribution is 7.89. The Hall–Kier alpha value is -2.46. The molecular weight excluding hydrogens is 418 g/mol. The number of imidazole rings is 1. The molecule has 0 aliphatic rings. The molecule has 0 saturated heterocycles. The van der Waals surface area contributed by atoms with Crippen molar-refractivity contribution >= 4 is 43.1 Å². The number of hydrogen-bond donors (Lipinski definition) is 2. The van der Waals surface area contributed by atoms with Crippen LogP contribution in [0.5, 0.6) is 0 Å². The summed E-state index contributed by atoms with van der Waals surface area (Å²) >= 11 is 7.42. The third kappa shape index (κ3) is 4.02. The quantitative estimate of drug-likeness (QED) is 0.485. The van der Waals surface area contributed by atoms with Gasteiger partial charge in [0.15, 0.2) is 0 Å². The second-order valence-electron chi connectivity index (χ2n) is 6.12. The van der Waals surface area contributed by atoms with Gasteiger partial charge in [-0.05, 0) is 36.2 Å². The molecule has 28 heavy (non-hydrogen) atoms. The second kappa shape index (κ2) is 7.51. The zero-order valence-electron chi connectivity index (χ0n) is 14.5. The molecule has 0 fully saturated rings. The minimum atomic E-state index is -3.66. The molecule has 0 aliphatic heterocycles. The minimum absolute atomic E-state index is 0.111. The Balaban J connectivity index is 1.43. The lowest BCUT2D eigenvalue weighted by Gasteiger charge is -2.04. The lowest BCUT2D eigenvalue weighted by atomic mass is 10.1. The summed E-state index contributed by atoms with van der Waals surface area (Å²) in [5.41, 5.74) is 2.89. The van der Waals surface area contributed by atoms with E-state index in [1.54, 1.807) is 22.8 Å². The highest BCUT2D eigenvalue weighted by atomic mass is 35.5. The van der Waals surface area contributed by atoms with Gasteiger partial charge < -0.3 is 5.32 Å². The van der Waals surface area contributed by atoms with Crippen LogP contribution in [0, 0.1) is 0 Å². The third-order valence-electron chi connectivity index (χ3n) is 4.17. The fraction of sp³-hybridized carbons (Fsp3) is 0.111. The fourth-order valence-electron chi connectivity index (χ4n) is 2.74. The van der Waals surface area contributed by atoms with Gasteiger partial charge in [-0.1, -0.05) is 47.2 Å². The number of benzene rings is 2. The monoisotopic (exact) mass is 433 g/mol. The topological polar surface area (TPSA) is 102 Å². The maximum absolute atomic E-state index is 11.3. The predicted octanol–water partition coefficient (Wildman–Crippen LogP) is 3.41. The molecule has 0 amide bonds. The number of sulfonamides is 1. The van der Waals surface area contributed by atoms with E-state index in [9.17, 15) is 8.42 Å². The number of halogens is 1. The van der Waals surface area contributed by atoms with Crippen LogP contribution in [0.3, 0.4) is 0 Å². The number of hydrogen-bond acceptors (Lipinski definition) is 6. The predicted molar refractivity (Wildman–Crippen MR) is 111 cm³/mol. The van der Waals surface area contributed by atoms with Gasteiger partial charge in [0, 0.05) is 17.1 Å². The normalized spacial score (nSPS) is 11.8. The van der Waals surface area contributed by atoms with Gasteiger partial charge in [-0.3, -0.25) is 0 Å². The van der Waals surface area contributed by atoms with Crippen LogP contribution in [0.2, 0.25) is 5.02 Å². The first-order valence-electron chi connectivity index (χ1n) is 8.36. The van der Waals surface area contributed by atoms with Gasteiger partial charge in [0.2, 0.25) is 20.1 Å². The van der Waals surface area contributed by atoms with Gasteiger partial charge in [-0.2, -0.15) is 0 Å². The van der Waals surface area contributed by atoms with Crippen LogP contribution in [0.4, 0.5) is 5.13 Å². The second-order valence-corrected chi connectivity index (χ2v) is 9.07. The van der Waals surface area contributed by atoms with E-state index in [4.69, 9.17) is 16.7 Å². The van der Waals surface area contributed by atoms with Crippen molar-refractivity contribution in [2.75, 3.05) is 11.9 Å². The summed E-state index contributed by atoms with van der Waals surface area (Å²) in [6, 6.07) is 14.1. The number of anilines is 1. The van der Waals surface area contributed by atoms with Crippen molar-refractivity contribution in [1.82, 2.24) is 14.6 Å². The highest BCUT2D eigenvalue weighted by Gasteiger charge is 2.11. The van der Waals surface area contributed by atoms with Crippen molar-refractivity contribution in [2.45, 2.75) is 11.3 Å². The maximum atomic E-state index is 11.3. The van der Waals surface area contributed by atoms with Gasteiger partial charge in [-0.25, -0.2) is 23.1 Å². The third-order valence-corrected chi connectivity index (χ3v) is 6.23. The molecule has 3 N–H and O–H groups in total. The van der Waals surface area contributed by atoms with E-state index >= 15 is 0 Å². The Kier molecular flexibility index (Phi) is 5.07. The molecule has 2 heterocycles. The van der Waals surface area contributed by atoms with Crippen molar-refractivity contribution in [2.24, 2.45) is 5.14 Å². The maximum Gasteiger partial charge on any atom is 0.238 e. The summed E-state index contributed by atoms with van der Waals surface area (Å²) < 4.78 is 24.4. The molecule has 4 rings (SSSR count). The molecule has 0 atom stereocenters. The number of fused-ring (bicyclic) bond motifs is 1. The van der Waals surface area contributed by atoms with Crippen molar-refractivity contribution in [3.05, 3.63) is 65.3 Å². The van der Waals surface area contributed by atoms with Crippen LogP contribution in [-0.4, -0.2) is 29.6 Å². The molecule has 4 aromatic rings. The van der Waals surface area contributed by atoms with Crippen molar-refractivity contribution in [3.8, 4) is 11.3 Å². The summed E-state index contributed by atoms with van der Waals surface area (Å²) in [5, 5.41) is 14.4. The van der Waals surface area contributed by atoms with E-state index in [0.717, 1.165) is 33.3 Å². The van der Waals surface area contributed by atoms with Gasteiger partial charge in [0.05, 0.1) is 16.8 Å². The molecule has 0 spiro atoms. The first-order valence-corrected chi connectivity index (χ1v) is 11.1. The van der Waals surface area contributed by atoms with E-state index in [2.05, 4.69) is 15.4 Å². The van der Waals surface area contributed by atoms with Crippen LogP contribution in [-0.2, 0) is 16.4 Å². The molecule has 0 saturated carbocycles. The SMILES string of the molecule is NS(=O)(=O)c1ccc(CCNc2nn3c(-c4ccc(Cl)cc4)cnc3s2)cc1. The standard InChI is InChI=1S/C18H16ClN5O2S2/c19-14-5-3-13(4-6-14)16-11-22-18-24(16)23-17(27-18)21-10-9-12-1-7-15(8-2-12)28(20,25)26/h1-8,11H,9-10H2,(H,21,23)(H2,20,25,26). The highest BCUT2D eigenvalue weighted by Crippen LogP contribution is 2.26. The van der Waals surface area contributed by atoms with Gasteiger partial charge in [-0.15, -0.1) is 5.10 Å². The number of nitrogens with zero attached hydrogens (tertiary/aromatic N) is 3. The summed E-state index contributed by atoms with van der Waals surface area (Å²) in [6.07, 6.45) is 2.51. The van der Waals surface area contributed by atoms with E-state index in [0.29, 0.717) is 11.6 Å². The van der Waals surface area contributed by atoms with Gasteiger partial charge in [0.25, 0.3) is 0 Å². The van der Waals surface area contributed by atoms with Crippen LogP contribution in [0.25, 0.3) is 16.2 Å². The Labute approximate surface area is 170 Å². The van der Waals surface area contributed by atoms with Crippen molar-refractivity contribution < 1.29 is 8.42 Å². The first kappa shape index (κ1) is 18.9. The van der Waals surface area contributed by atoms with E-state index < -0.39 is 10.0 Å². The molecule has 0 unspecified atom stereocenters. The van der Waals surface area contributed by atoms with Crippen LogP contribution < -0.4 is 10.5 Å². The molecule has 0 aliphatic carbocycles. The van der Waals surface area contributed by atoms with Crippen LogP contribution in [0.1, 0.15) is 5.56 Å². The Morgan fingerprint density at radius 1 is 1.11 bits per heavy atom. The number of aromatic nitrogens is 3. The summed E-state index contributed by atoms with van der Waals surface area (Å²) in [7, 11) is -3.66. The van der Waals surface area contributed by atoms with Gasteiger partial charge >= 0.3 is 0 Å². The molecule has 7 nitrogen and oxygen atoms in total. The fourth-order valence-corrected chi connectivity index (χ4v) is 4.18. The zero-order chi connectivity index (χ0) is 19.7. The number of primary sulfonamides is 1. The lowest BCUT2D eigenvalue weighted by Crippen LogP contribution is -2.12. The lowest BCUT2D eigenvalue weighted by molar-refractivity contribution is 0.598. The minimum Gasteiger partial charge on any atom is -0.360 e. The molecular formula is C18H16ClN5O2S2. The summed E-state index contributed by atoms with van der Waals surface area (Å²) in [6.45, 7) is 0.654. The van der Waals surface area contributed by atoms with Crippen LogP contribution in [0.15, 0.2) is 59.6 Å². The van der Waals surface area contributed by atoms with Crippen LogP contribution >= 0.6 is 22.9 Å². The van der Waals surface area contributed by atoms with Crippen molar-refractivity contribution in [3.63, 3.8) is 0 Å². The van der Waals surface area contributed by atoms with E-state index in [1.807, 2.05) is 24.3 Å². The molecule has 144 valence electrons. The average Bonchev–Trinajstić information content (AvgIpc) is 3.23. The van der Waals surface area contributed by atoms with Gasteiger partial charge in [0.1, 0.15) is 0 Å². The molecule has 0 radical (unpaired) electrons. The van der Waals surface area contributed by atoms with E-state index in [-0.39, 0.29) is 4.90 Å². The number of nitrogens with one attached hydrogen (secondary N) is 1. The van der Waals surface area contributed by atoms with Crippen molar-refractivity contribution in [1.29, 1.82) is 0 Å². The molecule has 0 bridgehead atoms. The summed E-state index contributed by atoms with van der Waals surface area (Å²) in [4.78, 5) is 5.32. The number of nitrogens with two attached hydrogens (primary N) is 1. The zero-order valence-corrected chi connectivity index (χ0v) is 16.9. The molecule has 10 heteroatoms. The molecule has 2 aromatic heterocycles. The summed E-state index contributed by atoms with van der Waals surface area (Å²) in [5.74, 6) is 0.